The molecule has 0 spiro atoms. The van der Waals surface area contributed by atoms with Gasteiger partial charge < -0.3 is 5.32 Å². The van der Waals surface area contributed by atoms with Crippen LogP contribution in [0.5, 0.6) is 0 Å². The fourth-order valence-corrected chi connectivity index (χ4v) is 2.54. The Morgan fingerprint density at radius 3 is 2.72 bits per heavy atom. The average molecular weight is 327 g/mol. The van der Waals surface area contributed by atoms with Gasteiger partial charge in [0.25, 0.3) is 0 Å². The molecule has 0 radical (unpaired) electrons. The molecule has 18 heavy (non-hydrogen) atoms. The molecule has 0 saturated carbocycles. The number of anilines is 1. The molecule has 2 rings (SSSR count). The summed E-state index contributed by atoms with van der Waals surface area (Å²) in [6.45, 7) is 6.85. The molecule has 0 aliphatic heterocycles. The summed E-state index contributed by atoms with van der Waals surface area (Å²) >= 11 is 5.06. The Balaban J connectivity index is 2.09. The van der Waals surface area contributed by atoms with E-state index in [1.807, 2.05) is 18.4 Å². The van der Waals surface area contributed by atoms with E-state index in [2.05, 4.69) is 50.0 Å². The van der Waals surface area contributed by atoms with E-state index in [0.29, 0.717) is 12.5 Å². The van der Waals surface area contributed by atoms with Gasteiger partial charge in [-0.25, -0.2) is 15.0 Å². The number of hydrogen-bond donors (Lipinski definition) is 1. The van der Waals surface area contributed by atoms with Crippen LogP contribution in [0.25, 0.3) is 0 Å². The van der Waals surface area contributed by atoms with Crippen molar-refractivity contribution < 1.29 is 0 Å². The van der Waals surface area contributed by atoms with E-state index in [9.17, 15) is 0 Å². The highest BCUT2D eigenvalue weighted by atomic mass is 79.9. The van der Waals surface area contributed by atoms with Crippen molar-refractivity contribution in [2.75, 3.05) is 5.32 Å². The van der Waals surface area contributed by atoms with Crippen molar-refractivity contribution in [1.29, 1.82) is 0 Å². The van der Waals surface area contributed by atoms with Gasteiger partial charge in [-0.3, -0.25) is 0 Å². The predicted octanol–water partition coefficient (Wildman–Crippen LogP) is 3.74. The lowest BCUT2D eigenvalue weighted by Gasteiger charge is -2.08. The molecule has 2 heterocycles. The molecule has 96 valence electrons. The first-order valence-corrected chi connectivity index (χ1v) is 7.41. The molecule has 2 aromatic heterocycles. The quantitative estimate of drug-likeness (QED) is 0.869. The maximum absolute atomic E-state index is 4.48. The molecule has 0 bridgehead atoms. The van der Waals surface area contributed by atoms with Gasteiger partial charge >= 0.3 is 0 Å². The van der Waals surface area contributed by atoms with Crippen LogP contribution < -0.4 is 5.32 Å². The molecular formula is C12H15BrN4S. The summed E-state index contributed by atoms with van der Waals surface area (Å²) in [4.78, 5) is 13.2. The minimum atomic E-state index is 0.310. The van der Waals surface area contributed by atoms with E-state index in [4.69, 9.17) is 0 Å². The Labute approximate surface area is 119 Å². The fourth-order valence-electron chi connectivity index (χ4n) is 1.43. The lowest BCUT2D eigenvalue weighted by Crippen LogP contribution is -2.05. The number of halogens is 1. The smallest absolute Gasteiger partial charge is 0.134 e. The molecule has 0 fully saturated rings. The number of thiazole rings is 1. The van der Waals surface area contributed by atoms with Crippen LogP contribution in [0.3, 0.4) is 0 Å². The van der Waals surface area contributed by atoms with Gasteiger partial charge in [0.15, 0.2) is 0 Å². The SMILES string of the molecule is Cc1csc(CNc2cc(Br)nc(C(C)C)n2)n1. The third-order valence-corrected chi connectivity index (χ3v) is 3.69. The lowest BCUT2D eigenvalue weighted by atomic mass is 10.2. The average Bonchev–Trinajstić information content (AvgIpc) is 2.72. The second-order valence-corrected chi connectivity index (χ2v) is 6.08. The van der Waals surface area contributed by atoms with Crippen LogP contribution >= 0.6 is 27.3 Å². The minimum absolute atomic E-state index is 0.310. The van der Waals surface area contributed by atoms with Crippen LogP contribution in [0.1, 0.15) is 36.3 Å². The van der Waals surface area contributed by atoms with Crippen LogP contribution in [-0.4, -0.2) is 15.0 Å². The van der Waals surface area contributed by atoms with Crippen LogP contribution in [-0.2, 0) is 6.54 Å². The summed E-state index contributed by atoms with van der Waals surface area (Å²) < 4.78 is 0.805. The van der Waals surface area contributed by atoms with Gasteiger partial charge in [0, 0.05) is 23.1 Å². The molecular weight excluding hydrogens is 312 g/mol. The second kappa shape index (κ2) is 5.75. The van der Waals surface area contributed by atoms with Crippen LogP contribution in [0, 0.1) is 6.92 Å². The largest absolute Gasteiger partial charge is 0.363 e. The lowest BCUT2D eigenvalue weighted by molar-refractivity contribution is 0.769. The number of nitrogens with one attached hydrogen (secondary N) is 1. The Morgan fingerprint density at radius 2 is 2.11 bits per heavy atom. The highest BCUT2D eigenvalue weighted by Gasteiger charge is 2.07. The maximum Gasteiger partial charge on any atom is 0.134 e. The van der Waals surface area contributed by atoms with Crippen molar-refractivity contribution in [2.24, 2.45) is 0 Å². The van der Waals surface area contributed by atoms with Gasteiger partial charge in [-0.2, -0.15) is 0 Å². The molecule has 0 amide bonds. The number of rotatable bonds is 4. The summed E-state index contributed by atoms with van der Waals surface area (Å²) in [6, 6.07) is 1.88. The van der Waals surface area contributed by atoms with Crippen LogP contribution in [0.4, 0.5) is 5.82 Å². The Kier molecular flexibility index (Phi) is 4.29. The van der Waals surface area contributed by atoms with Crippen molar-refractivity contribution in [3.05, 3.63) is 32.6 Å². The molecule has 0 aliphatic carbocycles. The first kappa shape index (κ1) is 13.4. The number of aromatic nitrogens is 3. The molecule has 4 nitrogen and oxygen atoms in total. The number of aryl methyl sites for hydroxylation is 1. The minimum Gasteiger partial charge on any atom is -0.363 e. The van der Waals surface area contributed by atoms with Gasteiger partial charge in [-0.05, 0) is 22.9 Å². The maximum atomic E-state index is 4.48. The number of hydrogen-bond acceptors (Lipinski definition) is 5. The van der Waals surface area contributed by atoms with E-state index in [1.54, 1.807) is 11.3 Å². The summed E-state index contributed by atoms with van der Waals surface area (Å²) in [5.74, 6) is 1.97. The zero-order valence-electron chi connectivity index (χ0n) is 10.6. The number of nitrogens with zero attached hydrogens (tertiary/aromatic N) is 3. The van der Waals surface area contributed by atoms with Crippen molar-refractivity contribution >= 4 is 33.1 Å². The normalized spacial score (nSPS) is 10.9. The van der Waals surface area contributed by atoms with Crippen molar-refractivity contribution in [3.63, 3.8) is 0 Å². The van der Waals surface area contributed by atoms with Gasteiger partial charge in [0.1, 0.15) is 21.3 Å². The summed E-state index contributed by atoms with van der Waals surface area (Å²) in [6.07, 6.45) is 0. The molecule has 0 atom stereocenters. The van der Waals surface area contributed by atoms with Crippen LogP contribution in [0.15, 0.2) is 16.0 Å². The Bertz CT molecular complexity index is 539. The van der Waals surface area contributed by atoms with Crippen molar-refractivity contribution in [3.8, 4) is 0 Å². The van der Waals surface area contributed by atoms with E-state index < -0.39 is 0 Å². The van der Waals surface area contributed by atoms with Crippen LogP contribution in [0.2, 0.25) is 0 Å². The topological polar surface area (TPSA) is 50.7 Å². The van der Waals surface area contributed by atoms with Crippen molar-refractivity contribution in [1.82, 2.24) is 15.0 Å². The molecule has 0 unspecified atom stereocenters. The molecule has 2 aromatic rings. The molecule has 0 aromatic carbocycles. The Hall–Kier alpha value is -1.01. The second-order valence-electron chi connectivity index (χ2n) is 4.32. The van der Waals surface area contributed by atoms with E-state index >= 15 is 0 Å². The summed E-state index contributed by atoms with van der Waals surface area (Å²) in [5, 5.41) is 6.39. The molecule has 0 saturated heterocycles. The van der Waals surface area contributed by atoms with Gasteiger partial charge in [0.2, 0.25) is 0 Å². The predicted molar refractivity (Wildman–Crippen MR) is 78.0 cm³/mol. The summed E-state index contributed by atoms with van der Waals surface area (Å²) in [5.41, 5.74) is 1.06. The Morgan fingerprint density at radius 1 is 1.33 bits per heavy atom. The van der Waals surface area contributed by atoms with Gasteiger partial charge in [-0.15, -0.1) is 11.3 Å². The van der Waals surface area contributed by atoms with E-state index in [0.717, 1.165) is 26.9 Å². The highest BCUT2D eigenvalue weighted by molar-refractivity contribution is 9.10. The standard InChI is InChI=1S/C12H15BrN4S/c1-7(2)12-16-9(13)4-10(17-12)14-5-11-15-8(3)6-18-11/h4,6-7H,5H2,1-3H3,(H,14,16,17). The first-order chi connectivity index (χ1) is 8.54. The van der Waals surface area contributed by atoms with E-state index in [-0.39, 0.29) is 0 Å². The molecule has 0 aliphatic rings. The van der Waals surface area contributed by atoms with Crippen molar-refractivity contribution in [2.45, 2.75) is 33.2 Å². The van der Waals surface area contributed by atoms with Gasteiger partial charge in [-0.1, -0.05) is 13.8 Å². The molecule has 6 heteroatoms. The van der Waals surface area contributed by atoms with Gasteiger partial charge in [0.05, 0.1) is 6.54 Å². The zero-order valence-corrected chi connectivity index (χ0v) is 13.0. The molecule has 1 N–H and O–H groups in total. The third-order valence-electron chi connectivity index (χ3n) is 2.32. The first-order valence-electron chi connectivity index (χ1n) is 5.74. The van der Waals surface area contributed by atoms with E-state index in [1.165, 1.54) is 0 Å². The fraction of sp³-hybridized carbons (Fsp3) is 0.417. The highest BCUT2D eigenvalue weighted by Crippen LogP contribution is 2.18. The summed E-state index contributed by atoms with van der Waals surface area (Å²) in [7, 11) is 0. The monoisotopic (exact) mass is 326 g/mol. The third kappa shape index (κ3) is 3.49. The zero-order chi connectivity index (χ0) is 13.1.